The van der Waals surface area contributed by atoms with Crippen LogP contribution >= 0.6 is 11.6 Å². The van der Waals surface area contributed by atoms with E-state index in [4.69, 9.17) is 11.6 Å². The molecule has 0 fully saturated rings. The van der Waals surface area contributed by atoms with Crippen LogP contribution in [0, 0.1) is 6.92 Å². The van der Waals surface area contributed by atoms with Gasteiger partial charge in [0.05, 0.1) is 22.0 Å². The molecule has 140 valence electrons. The Kier molecular flexibility index (Phi) is 6.36. The second kappa shape index (κ2) is 8.92. The molecule has 1 heterocycles. The Hall–Kier alpha value is -2.52. The number of aromatic nitrogens is 1. The van der Waals surface area contributed by atoms with Gasteiger partial charge in [0.15, 0.2) is 0 Å². The van der Waals surface area contributed by atoms with Gasteiger partial charge in [0.2, 0.25) is 0 Å². The lowest BCUT2D eigenvalue weighted by atomic mass is 10.1. The van der Waals surface area contributed by atoms with E-state index in [0.29, 0.717) is 17.1 Å². The molecule has 3 rings (SSSR count). The molecule has 0 atom stereocenters. The van der Waals surface area contributed by atoms with Crippen LogP contribution in [0.4, 0.5) is 0 Å². The fraction of sp³-hybridized carbons (Fsp3) is 0.261. The van der Waals surface area contributed by atoms with E-state index < -0.39 is 0 Å². The average molecular weight is 381 g/mol. The monoisotopic (exact) mass is 380 g/mol. The smallest absolute Gasteiger partial charge is 0.253 e. The zero-order chi connectivity index (χ0) is 19.2. The van der Waals surface area contributed by atoms with Gasteiger partial charge in [-0.1, -0.05) is 73.8 Å². The first-order chi connectivity index (χ1) is 13.1. The molecule has 3 nitrogen and oxygen atoms in total. The number of nitrogens with zero attached hydrogens (tertiary/aromatic N) is 1. The summed E-state index contributed by atoms with van der Waals surface area (Å²) in [7, 11) is 0. The minimum atomic E-state index is -0.0356. The molecule has 0 saturated carbocycles. The van der Waals surface area contributed by atoms with Crippen LogP contribution in [0.2, 0.25) is 5.02 Å². The van der Waals surface area contributed by atoms with Crippen molar-refractivity contribution in [3.63, 3.8) is 0 Å². The number of unbranched alkanes of at least 4 members (excludes halogenated alkanes) is 2. The normalized spacial score (nSPS) is 10.8. The first-order valence-electron chi connectivity index (χ1n) is 9.44. The van der Waals surface area contributed by atoms with E-state index in [9.17, 15) is 4.79 Å². The Labute approximate surface area is 166 Å². The molecule has 0 spiro atoms. The molecule has 0 aliphatic heterocycles. The van der Waals surface area contributed by atoms with Crippen LogP contribution < -0.4 is 5.32 Å². The molecular formula is C23H25ClN2O. The minimum Gasteiger partial charge on any atom is -0.352 e. The van der Waals surface area contributed by atoms with E-state index in [0.717, 1.165) is 41.9 Å². The van der Waals surface area contributed by atoms with Crippen LogP contribution in [0.1, 0.15) is 42.2 Å². The summed E-state index contributed by atoms with van der Waals surface area (Å²) in [6, 6.07) is 19.8. The molecule has 1 aromatic heterocycles. The maximum absolute atomic E-state index is 12.8. The Balaban J connectivity index is 2.05. The van der Waals surface area contributed by atoms with E-state index in [-0.39, 0.29) is 5.91 Å². The SMILES string of the molecule is CCCCCNC(=O)c1cc(-c2ccccc2)n(-c2ccccc2Cl)c1C. The molecule has 0 aliphatic rings. The number of hydrogen-bond donors (Lipinski definition) is 1. The molecule has 1 N–H and O–H groups in total. The molecule has 3 aromatic rings. The summed E-state index contributed by atoms with van der Waals surface area (Å²) in [5, 5.41) is 3.70. The summed E-state index contributed by atoms with van der Waals surface area (Å²) < 4.78 is 2.07. The van der Waals surface area contributed by atoms with Crippen molar-refractivity contribution in [2.75, 3.05) is 6.54 Å². The average Bonchev–Trinajstić information content (AvgIpc) is 3.03. The van der Waals surface area contributed by atoms with E-state index in [1.165, 1.54) is 0 Å². The van der Waals surface area contributed by atoms with Crippen molar-refractivity contribution >= 4 is 17.5 Å². The topological polar surface area (TPSA) is 34.0 Å². The van der Waals surface area contributed by atoms with Gasteiger partial charge in [-0.25, -0.2) is 0 Å². The second-order valence-electron chi connectivity index (χ2n) is 6.64. The van der Waals surface area contributed by atoms with Crippen LogP contribution in [0.15, 0.2) is 60.7 Å². The molecule has 2 aromatic carbocycles. The molecule has 4 heteroatoms. The molecule has 27 heavy (non-hydrogen) atoms. The number of para-hydroxylation sites is 1. The molecule has 0 radical (unpaired) electrons. The third-order valence-corrected chi connectivity index (χ3v) is 5.04. The number of rotatable bonds is 7. The van der Waals surface area contributed by atoms with Crippen molar-refractivity contribution in [2.45, 2.75) is 33.1 Å². The van der Waals surface area contributed by atoms with E-state index in [1.807, 2.05) is 67.6 Å². The highest BCUT2D eigenvalue weighted by molar-refractivity contribution is 6.32. The number of carbonyl (C=O) groups is 1. The Morgan fingerprint density at radius 1 is 1.04 bits per heavy atom. The Morgan fingerprint density at radius 3 is 2.44 bits per heavy atom. The van der Waals surface area contributed by atoms with Crippen molar-refractivity contribution in [2.24, 2.45) is 0 Å². The molecule has 0 aliphatic carbocycles. The summed E-state index contributed by atoms with van der Waals surface area (Å²) in [5.74, 6) is -0.0356. The highest BCUT2D eigenvalue weighted by Crippen LogP contribution is 2.32. The summed E-state index contributed by atoms with van der Waals surface area (Å²) >= 11 is 6.48. The standard InChI is InChI=1S/C23H25ClN2O/c1-3-4-10-15-25-23(27)19-16-22(18-11-6-5-7-12-18)26(17(19)2)21-14-9-8-13-20(21)24/h5-9,11-14,16H,3-4,10,15H2,1-2H3,(H,25,27). The van der Waals surface area contributed by atoms with Crippen molar-refractivity contribution in [3.05, 3.63) is 76.9 Å². The molecule has 0 bridgehead atoms. The lowest BCUT2D eigenvalue weighted by molar-refractivity contribution is 0.0952. The lowest BCUT2D eigenvalue weighted by Crippen LogP contribution is -2.24. The highest BCUT2D eigenvalue weighted by atomic mass is 35.5. The molecule has 1 amide bonds. The van der Waals surface area contributed by atoms with Crippen LogP contribution in [0.5, 0.6) is 0 Å². The van der Waals surface area contributed by atoms with Crippen LogP contribution in [0.25, 0.3) is 16.9 Å². The summed E-state index contributed by atoms with van der Waals surface area (Å²) in [6.45, 7) is 4.82. The maximum atomic E-state index is 12.8. The number of carbonyl (C=O) groups excluding carboxylic acids is 1. The minimum absolute atomic E-state index is 0.0356. The fourth-order valence-electron chi connectivity index (χ4n) is 3.27. The van der Waals surface area contributed by atoms with Gasteiger partial charge in [0.1, 0.15) is 0 Å². The summed E-state index contributed by atoms with van der Waals surface area (Å²) in [4.78, 5) is 12.8. The Morgan fingerprint density at radius 2 is 1.74 bits per heavy atom. The van der Waals surface area contributed by atoms with E-state index >= 15 is 0 Å². The fourth-order valence-corrected chi connectivity index (χ4v) is 3.49. The molecular weight excluding hydrogens is 356 g/mol. The van der Waals surface area contributed by atoms with Gasteiger partial charge in [0.25, 0.3) is 5.91 Å². The predicted octanol–water partition coefficient (Wildman–Crippen LogP) is 6.03. The van der Waals surface area contributed by atoms with Gasteiger partial charge in [-0.15, -0.1) is 0 Å². The van der Waals surface area contributed by atoms with Gasteiger partial charge in [-0.3, -0.25) is 4.79 Å². The van der Waals surface area contributed by atoms with Gasteiger partial charge >= 0.3 is 0 Å². The van der Waals surface area contributed by atoms with Crippen molar-refractivity contribution < 1.29 is 4.79 Å². The third kappa shape index (κ3) is 4.25. The first-order valence-corrected chi connectivity index (χ1v) is 9.82. The molecule has 0 unspecified atom stereocenters. The van der Waals surface area contributed by atoms with E-state index in [1.54, 1.807) is 0 Å². The van der Waals surface area contributed by atoms with Gasteiger partial charge in [-0.05, 0) is 37.1 Å². The maximum Gasteiger partial charge on any atom is 0.253 e. The molecule has 0 saturated heterocycles. The van der Waals surface area contributed by atoms with Crippen LogP contribution in [0.3, 0.4) is 0 Å². The quantitative estimate of drug-likeness (QED) is 0.499. The number of halogens is 1. The lowest BCUT2D eigenvalue weighted by Gasteiger charge is -2.14. The predicted molar refractivity (Wildman–Crippen MR) is 113 cm³/mol. The van der Waals surface area contributed by atoms with Gasteiger partial charge in [-0.2, -0.15) is 0 Å². The van der Waals surface area contributed by atoms with E-state index in [2.05, 4.69) is 16.8 Å². The number of nitrogens with one attached hydrogen (secondary N) is 1. The van der Waals surface area contributed by atoms with Gasteiger partial charge < -0.3 is 9.88 Å². The second-order valence-corrected chi connectivity index (χ2v) is 7.05. The Bertz CT molecular complexity index is 915. The van der Waals surface area contributed by atoms with Crippen LogP contribution in [-0.4, -0.2) is 17.0 Å². The van der Waals surface area contributed by atoms with Crippen LogP contribution in [-0.2, 0) is 0 Å². The summed E-state index contributed by atoms with van der Waals surface area (Å²) in [6.07, 6.45) is 3.25. The largest absolute Gasteiger partial charge is 0.352 e. The summed E-state index contributed by atoms with van der Waals surface area (Å²) in [5.41, 5.74) is 4.45. The highest BCUT2D eigenvalue weighted by Gasteiger charge is 2.20. The van der Waals surface area contributed by atoms with Crippen molar-refractivity contribution in [1.29, 1.82) is 0 Å². The first kappa shape index (κ1) is 19.2. The number of benzene rings is 2. The van der Waals surface area contributed by atoms with Gasteiger partial charge in [0, 0.05) is 12.2 Å². The number of hydrogen-bond acceptors (Lipinski definition) is 1. The third-order valence-electron chi connectivity index (χ3n) is 4.72. The van der Waals surface area contributed by atoms with Crippen molar-refractivity contribution in [1.82, 2.24) is 9.88 Å². The van der Waals surface area contributed by atoms with Crippen molar-refractivity contribution in [3.8, 4) is 16.9 Å². The number of amides is 1. The zero-order valence-corrected chi connectivity index (χ0v) is 16.6. The zero-order valence-electron chi connectivity index (χ0n) is 15.8.